The first-order valence-corrected chi connectivity index (χ1v) is 11.7. The first kappa shape index (κ1) is 21.5. The van der Waals surface area contributed by atoms with E-state index in [0.717, 1.165) is 43.1 Å². The van der Waals surface area contributed by atoms with Crippen molar-refractivity contribution in [1.82, 2.24) is 20.2 Å². The van der Waals surface area contributed by atoms with Gasteiger partial charge < -0.3 is 15.2 Å². The minimum atomic E-state index is -0.307. The summed E-state index contributed by atoms with van der Waals surface area (Å²) in [5.41, 5.74) is 3.46. The summed E-state index contributed by atoms with van der Waals surface area (Å²) in [4.78, 5) is 35.9. The van der Waals surface area contributed by atoms with Gasteiger partial charge in [-0.25, -0.2) is 9.37 Å². The number of amides is 1. The Balaban J connectivity index is 1.31. The number of hydrogen-bond donors (Lipinski definition) is 2. The fraction of sp³-hybridized carbons (Fsp3) is 0.292. The lowest BCUT2D eigenvalue weighted by molar-refractivity contribution is 0.0958. The van der Waals surface area contributed by atoms with E-state index in [4.69, 9.17) is 0 Å². The second-order valence-corrected chi connectivity index (χ2v) is 9.18. The zero-order chi connectivity index (χ0) is 23.1. The number of H-pyrrole nitrogens is 1. The van der Waals surface area contributed by atoms with Crippen LogP contribution in [0.25, 0.3) is 21.0 Å². The Morgan fingerprint density at radius 3 is 2.73 bits per heavy atom. The van der Waals surface area contributed by atoms with E-state index >= 15 is 4.39 Å². The molecule has 1 aliphatic rings. The highest BCUT2D eigenvalue weighted by atomic mass is 32.1. The standard InChI is InChI=1S/C24H24FN5O2S/c1-14-20(4-3-18(27-14)23(31)26-2)30-8-6-29(7-9-30)13-15-11-17(25)21-16-5-10-33-22(16)24(32)28-19(21)12-15/h3-5,10-12H,6-9,13H2,1-2H3,(H,26,31)(H,28,32). The number of thiophene rings is 1. The highest BCUT2D eigenvalue weighted by molar-refractivity contribution is 7.17. The molecule has 2 N–H and O–H groups in total. The molecule has 3 aromatic heterocycles. The van der Waals surface area contributed by atoms with Crippen molar-refractivity contribution in [1.29, 1.82) is 0 Å². The Labute approximate surface area is 193 Å². The summed E-state index contributed by atoms with van der Waals surface area (Å²) in [5, 5.41) is 5.55. The molecule has 170 valence electrons. The van der Waals surface area contributed by atoms with Gasteiger partial charge in [-0.1, -0.05) is 0 Å². The number of halogens is 1. The van der Waals surface area contributed by atoms with Crippen LogP contribution in [0.4, 0.5) is 10.1 Å². The lowest BCUT2D eigenvalue weighted by atomic mass is 10.1. The molecular weight excluding hydrogens is 441 g/mol. The number of anilines is 1. The Morgan fingerprint density at radius 1 is 1.21 bits per heavy atom. The number of carbonyl (C=O) groups is 1. The second-order valence-electron chi connectivity index (χ2n) is 8.26. The highest BCUT2D eigenvalue weighted by Crippen LogP contribution is 2.29. The van der Waals surface area contributed by atoms with Crippen LogP contribution in [0.5, 0.6) is 0 Å². The second kappa shape index (κ2) is 8.57. The molecule has 4 aromatic rings. The maximum atomic E-state index is 15.0. The number of aromatic nitrogens is 2. The van der Waals surface area contributed by atoms with Crippen LogP contribution in [0.2, 0.25) is 0 Å². The molecule has 4 heterocycles. The number of piperazine rings is 1. The first-order chi connectivity index (χ1) is 15.9. The van der Waals surface area contributed by atoms with E-state index in [0.29, 0.717) is 33.2 Å². The molecule has 0 bridgehead atoms. The molecule has 0 atom stereocenters. The van der Waals surface area contributed by atoms with Gasteiger partial charge in [0.25, 0.3) is 11.5 Å². The zero-order valence-electron chi connectivity index (χ0n) is 18.4. The molecule has 1 aromatic carbocycles. The van der Waals surface area contributed by atoms with Crippen LogP contribution in [0.15, 0.2) is 40.5 Å². The number of fused-ring (bicyclic) bond motifs is 3. The van der Waals surface area contributed by atoms with Gasteiger partial charge >= 0.3 is 0 Å². The fourth-order valence-electron chi connectivity index (χ4n) is 4.54. The Bertz CT molecular complexity index is 1420. The van der Waals surface area contributed by atoms with Gasteiger partial charge in [0.1, 0.15) is 16.2 Å². The highest BCUT2D eigenvalue weighted by Gasteiger charge is 2.21. The monoisotopic (exact) mass is 465 g/mol. The molecular formula is C24H24FN5O2S. The number of rotatable bonds is 4. The van der Waals surface area contributed by atoms with Gasteiger partial charge in [-0.05, 0) is 48.2 Å². The van der Waals surface area contributed by atoms with Gasteiger partial charge in [0.2, 0.25) is 0 Å². The number of pyridine rings is 2. The maximum Gasteiger partial charge on any atom is 0.269 e. The Kier molecular flexibility index (Phi) is 5.59. The van der Waals surface area contributed by atoms with Crippen molar-refractivity contribution in [2.45, 2.75) is 13.5 Å². The zero-order valence-corrected chi connectivity index (χ0v) is 19.3. The number of hydrogen-bond acceptors (Lipinski definition) is 6. The summed E-state index contributed by atoms with van der Waals surface area (Å²) in [5.74, 6) is -0.503. The normalized spacial score (nSPS) is 14.8. The molecule has 33 heavy (non-hydrogen) atoms. The third kappa shape index (κ3) is 3.98. The summed E-state index contributed by atoms with van der Waals surface area (Å²) in [6, 6.07) is 8.96. The molecule has 0 unspecified atom stereocenters. The summed E-state index contributed by atoms with van der Waals surface area (Å²) in [7, 11) is 1.59. The van der Waals surface area contributed by atoms with Crippen LogP contribution in [0, 0.1) is 12.7 Å². The lowest BCUT2D eigenvalue weighted by Crippen LogP contribution is -2.46. The largest absolute Gasteiger partial charge is 0.368 e. The van der Waals surface area contributed by atoms with E-state index in [1.54, 1.807) is 25.2 Å². The van der Waals surface area contributed by atoms with E-state index in [-0.39, 0.29) is 17.3 Å². The van der Waals surface area contributed by atoms with E-state index < -0.39 is 0 Å². The van der Waals surface area contributed by atoms with Gasteiger partial charge in [-0.2, -0.15) is 0 Å². The van der Waals surface area contributed by atoms with Crippen LogP contribution >= 0.6 is 11.3 Å². The van der Waals surface area contributed by atoms with Gasteiger partial charge in [0.05, 0.1) is 16.9 Å². The average molecular weight is 466 g/mol. The van der Waals surface area contributed by atoms with Gasteiger partial charge in [-0.3, -0.25) is 14.5 Å². The lowest BCUT2D eigenvalue weighted by Gasteiger charge is -2.36. The third-order valence-corrected chi connectivity index (χ3v) is 7.09. The predicted octanol–water partition coefficient (Wildman–Crippen LogP) is 3.27. The van der Waals surface area contributed by atoms with Crippen molar-refractivity contribution in [3.05, 3.63) is 68.8 Å². The number of aryl methyl sites for hydroxylation is 1. The molecule has 9 heteroatoms. The first-order valence-electron chi connectivity index (χ1n) is 10.8. The SMILES string of the molecule is CNC(=O)c1ccc(N2CCN(Cc3cc(F)c4c(c3)[nH]c(=O)c3sccc34)CC2)c(C)n1. The molecule has 5 rings (SSSR count). The smallest absolute Gasteiger partial charge is 0.269 e. The molecule has 0 aliphatic carbocycles. The number of benzene rings is 1. The molecule has 1 saturated heterocycles. The topological polar surface area (TPSA) is 81.3 Å². The van der Waals surface area contributed by atoms with Crippen LogP contribution in [-0.2, 0) is 6.54 Å². The van der Waals surface area contributed by atoms with Crippen LogP contribution in [-0.4, -0.2) is 54.0 Å². The van der Waals surface area contributed by atoms with Crippen molar-refractivity contribution >= 4 is 43.9 Å². The van der Waals surface area contributed by atoms with Gasteiger partial charge in [0.15, 0.2) is 0 Å². The van der Waals surface area contributed by atoms with Crippen LogP contribution in [0.3, 0.4) is 0 Å². The maximum absolute atomic E-state index is 15.0. The fourth-order valence-corrected chi connectivity index (χ4v) is 5.33. The van der Waals surface area contributed by atoms with Gasteiger partial charge in [-0.15, -0.1) is 11.3 Å². The van der Waals surface area contributed by atoms with Crippen molar-refractivity contribution in [2.24, 2.45) is 0 Å². The minimum Gasteiger partial charge on any atom is -0.368 e. The van der Waals surface area contributed by atoms with Crippen molar-refractivity contribution < 1.29 is 9.18 Å². The molecule has 1 fully saturated rings. The predicted molar refractivity (Wildman–Crippen MR) is 130 cm³/mol. The number of nitrogens with zero attached hydrogens (tertiary/aromatic N) is 3. The summed E-state index contributed by atoms with van der Waals surface area (Å²) >= 11 is 1.33. The number of nitrogens with one attached hydrogen (secondary N) is 2. The van der Waals surface area contributed by atoms with E-state index in [9.17, 15) is 9.59 Å². The third-order valence-electron chi connectivity index (χ3n) is 6.18. The number of aromatic amines is 1. The average Bonchev–Trinajstić information content (AvgIpc) is 3.29. The molecule has 0 saturated carbocycles. The molecule has 0 radical (unpaired) electrons. The molecule has 1 aliphatic heterocycles. The quantitative estimate of drug-likeness (QED) is 0.484. The minimum absolute atomic E-state index is 0.177. The molecule has 1 amide bonds. The van der Waals surface area contributed by atoms with Crippen molar-refractivity contribution in [3.8, 4) is 0 Å². The summed E-state index contributed by atoms with van der Waals surface area (Å²) in [6.07, 6.45) is 0. The van der Waals surface area contributed by atoms with Crippen LogP contribution in [0.1, 0.15) is 21.7 Å². The van der Waals surface area contributed by atoms with Crippen molar-refractivity contribution in [2.75, 3.05) is 38.1 Å². The summed E-state index contributed by atoms with van der Waals surface area (Å²) in [6.45, 7) is 5.77. The van der Waals surface area contributed by atoms with Crippen molar-refractivity contribution in [3.63, 3.8) is 0 Å². The van der Waals surface area contributed by atoms with Crippen LogP contribution < -0.4 is 15.8 Å². The number of carbonyl (C=O) groups excluding carboxylic acids is 1. The summed E-state index contributed by atoms with van der Waals surface area (Å²) < 4.78 is 15.6. The van der Waals surface area contributed by atoms with E-state index in [1.165, 1.54) is 11.3 Å². The molecule has 0 spiro atoms. The molecule has 7 nitrogen and oxygen atoms in total. The van der Waals surface area contributed by atoms with E-state index in [1.807, 2.05) is 24.4 Å². The van der Waals surface area contributed by atoms with Gasteiger partial charge in [0, 0.05) is 50.5 Å². The Morgan fingerprint density at radius 2 is 2.00 bits per heavy atom. The Hall–Kier alpha value is -3.30. The van der Waals surface area contributed by atoms with E-state index in [2.05, 4.69) is 25.1 Å².